The molecule has 0 aliphatic heterocycles. The topological polar surface area (TPSA) is 64.9 Å². The number of aromatic nitrogens is 4. The SMILES string of the molecule is Cc1nc2ccccc2n1-c1cncc(Nc2ccc(OC(C)C)cc2)n1. The van der Waals surface area contributed by atoms with Crippen molar-refractivity contribution in [2.24, 2.45) is 0 Å². The van der Waals surface area contributed by atoms with Crippen molar-refractivity contribution >= 4 is 22.5 Å². The summed E-state index contributed by atoms with van der Waals surface area (Å²) in [4.78, 5) is 13.7. The molecule has 27 heavy (non-hydrogen) atoms. The zero-order valence-corrected chi connectivity index (χ0v) is 15.5. The highest BCUT2D eigenvalue weighted by Gasteiger charge is 2.11. The van der Waals surface area contributed by atoms with Gasteiger partial charge in [0, 0.05) is 5.69 Å². The van der Waals surface area contributed by atoms with Crippen molar-refractivity contribution in [3.63, 3.8) is 0 Å². The highest BCUT2D eigenvalue weighted by Crippen LogP contribution is 2.22. The quantitative estimate of drug-likeness (QED) is 0.562. The molecule has 0 bridgehead atoms. The Labute approximate surface area is 157 Å². The van der Waals surface area contributed by atoms with Gasteiger partial charge in [0.15, 0.2) is 11.6 Å². The zero-order valence-electron chi connectivity index (χ0n) is 15.5. The molecule has 136 valence electrons. The summed E-state index contributed by atoms with van der Waals surface area (Å²) >= 11 is 0. The molecule has 2 aromatic carbocycles. The molecule has 0 radical (unpaired) electrons. The van der Waals surface area contributed by atoms with Crippen LogP contribution in [0.25, 0.3) is 16.9 Å². The fourth-order valence-corrected chi connectivity index (χ4v) is 3.00. The van der Waals surface area contributed by atoms with E-state index in [1.54, 1.807) is 12.4 Å². The third-order valence-corrected chi connectivity index (χ3v) is 4.08. The average Bonchev–Trinajstić information content (AvgIpc) is 2.99. The monoisotopic (exact) mass is 359 g/mol. The highest BCUT2D eigenvalue weighted by atomic mass is 16.5. The third-order valence-electron chi connectivity index (χ3n) is 4.08. The molecule has 6 nitrogen and oxygen atoms in total. The molecular weight excluding hydrogens is 338 g/mol. The number of hydrogen-bond acceptors (Lipinski definition) is 5. The second-order valence-corrected chi connectivity index (χ2v) is 6.56. The molecule has 6 heteroatoms. The lowest BCUT2D eigenvalue weighted by molar-refractivity contribution is 0.242. The Morgan fingerprint density at radius 3 is 2.52 bits per heavy atom. The predicted octanol–water partition coefficient (Wildman–Crippen LogP) is 4.65. The zero-order chi connectivity index (χ0) is 18.8. The van der Waals surface area contributed by atoms with Gasteiger partial charge in [0.2, 0.25) is 0 Å². The summed E-state index contributed by atoms with van der Waals surface area (Å²) in [5, 5.41) is 3.29. The van der Waals surface area contributed by atoms with Crippen molar-refractivity contribution < 1.29 is 4.74 Å². The van der Waals surface area contributed by atoms with Crippen LogP contribution in [0.1, 0.15) is 19.7 Å². The van der Waals surface area contributed by atoms with Gasteiger partial charge in [0.1, 0.15) is 11.6 Å². The summed E-state index contributed by atoms with van der Waals surface area (Å²) in [5.41, 5.74) is 2.87. The van der Waals surface area contributed by atoms with Gasteiger partial charge >= 0.3 is 0 Å². The maximum absolute atomic E-state index is 5.68. The van der Waals surface area contributed by atoms with E-state index >= 15 is 0 Å². The smallest absolute Gasteiger partial charge is 0.159 e. The second-order valence-electron chi connectivity index (χ2n) is 6.56. The van der Waals surface area contributed by atoms with Crippen LogP contribution in [-0.2, 0) is 0 Å². The number of rotatable bonds is 5. The first-order chi connectivity index (χ1) is 13.1. The van der Waals surface area contributed by atoms with Crippen LogP contribution in [0.15, 0.2) is 60.9 Å². The summed E-state index contributed by atoms with van der Waals surface area (Å²) in [7, 11) is 0. The van der Waals surface area contributed by atoms with E-state index in [4.69, 9.17) is 9.72 Å². The van der Waals surface area contributed by atoms with Gasteiger partial charge in [-0.05, 0) is 57.2 Å². The summed E-state index contributed by atoms with van der Waals surface area (Å²) in [6.07, 6.45) is 3.60. The summed E-state index contributed by atoms with van der Waals surface area (Å²) in [6.45, 7) is 5.99. The van der Waals surface area contributed by atoms with Crippen molar-refractivity contribution in [1.29, 1.82) is 0 Å². The van der Waals surface area contributed by atoms with Gasteiger partial charge in [-0.3, -0.25) is 9.55 Å². The van der Waals surface area contributed by atoms with Gasteiger partial charge in [0.05, 0.1) is 29.5 Å². The molecule has 0 unspecified atom stereocenters. The molecule has 0 saturated heterocycles. The van der Waals surface area contributed by atoms with E-state index in [1.165, 1.54) is 0 Å². The molecule has 0 aliphatic carbocycles. The van der Waals surface area contributed by atoms with Crippen LogP contribution in [0.2, 0.25) is 0 Å². The maximum Gasteiger partial charge on any atom is 0.159 e. The molecule has 2 heterocycles. The van der Waals surface area contributed by atoms with Gasteiger partial charge < -0.3 is 10.1 Å². The number of ether oxygens (including phenoxy) is 1. The third kappa shape index (κ3) is 3.60. The van der Waals surface area contributed by atoms with Crippen LogP contribution in [0.5, 0.6) is 5.75 Å². The normalized spacial score (nSPS) is 11.1. The van der Waals surface area contributed by atoms with Crippen LogP contribution in [0.4, 0.5) is 11.5 Å². The Balaban J connectivity index is 1.62. The lowest BCUT2D eigenvalue weighted by atomic mass is 10.3. The first kappa shape index (κ1) is 17.0. The Kier molecular flexibility index (Phi) is 4.46. The predicted molar refractivity (Wildman–Crippen MR) is 107 cm³/mol. The molecular formula is C21H21N5O. The fourth-order valence-electron chi connectivity index (χ4n) is 3.00. The van der Waals surface area contributed by atoms with Crippen LogP contribution >= 0.6 is 0 Å². The van der Waals surface area contributed by atoms with Crippen LogP contribution in [-0.4, -0.2) is 25.6 Å². The molecule has 1 N–H and O–H groups in total. The number of para-hydroxylation sites is 2. The Morgan fingerprint density at radius 1 is 0.963 bits per heavy atom. The van der Waals surface area contributed by atoms with Crippen molar-refractivity contribution in [1.82, 2.24) is 19.5 Å². The van der Waals surface area contributed by atoms with E-state index in [-0.39, 0.29) is 6.10 Å². The summed E-state index contributed by atoms with van der Waals surface area (Å²) in [6, 6.07) is 15.8. The molecule has 0 spiro atoms. The lowest BCUT2D eigenvalue weighted by Gasteiger charge is -2.11. The van der Waals surface area contributed by atoms with Gasteiger partial charge in [0.25, 0.3) is 0 Å². The molecule has 0 saturated carbocycles. The van der Waals surface area contributed by atoms with Crippen molar-refractivity contribution in [2.45, 2.75) is 26.9 Å². The summed E-state index contributed by atoms with van der Waals surface area (Å²) in [5.74, 6) is 3.11. The molecule has 0 atom stereocenters. The Bertz CT molecular complexity index is 1070. The number of nitrogens with one attached hydrogen (secondary N) is 1. The number of aryl methyl sites for hydroxylation is 1. The fraction of sp³-hybridized carbons (Fsp3) is 0.190. The lowest BCUT2D eigenvalue weighted by Crippen LogP contribution is -2.05. The van der Waals surface area contributed by atoms with Crippen molar-refractivity contribution in [3.8, 4) is 11.6 Å². The van der Waals surface area contributed by atoms with Gasteiger partial charge in [-0.1, -0.05) is 12.1 Å². The molecule has 4 aromatic rings. The van der Waals surface area contributed by atoms with Crippen molar-refractivity contribution in [2.75, 3.05) is 5.32 Å². The largest absolute Gasteiger partial charge is 0.491 e. The molecule has 0 amide bonds. The van der Waals surface area contributed by atoms with E-state index in [9.17, 15) is 0 Å². The first-order valence-corrected chi connectivity index (χ1v) is 8.90. The van der Waals surface area contributed by atoms with E-state index < -0.39 is 0 Å². The average molecular weight is 359 g/mol. The maximum atomic E-state index is 5.68. The number of nitrogens with zero attached hydrogens (tertiary/aromatic N) is 4. The summed E-state index contributed by atoms with van der Waals surface area (Å²) < 4.78 is 7.68. The first-order valence-electron chi connectivity index (χ1n) is 8.90. The van der Waals surface area contributed by atoms with E-state index in [0.29, 0.717) is 5.82 Å². The minimum atomic E-state index is 0.152. The van der Waals surface area contributed by atoms with Crippen LogP contribution in [0.3, 0.4) is 0 Å². The van der Waals surface area contributed by atoms with Crippen molar-refractivity contribution in [3.05, 3.63) is 66.7 Å². The van der Waals surface area contributed by atoms with E-state index in [0.717, 1.165) is 34.1 Å². The molecule has 2 aromatic heterocycles. The minimum absolute atomic E-state index is 0.152. The van der Waals surface area contributed by atoms with E-state index in [2.05, 4.69) is 15.3 Å². The van der Waals surface area contributed by atoms with Crippen LogP contribution < -0.4 is 10.1 Å². The highest BCUT2D eigenvalue weighted by molar-refractivity contribution is 5.77. The van der Waals surface area contributed by atoms with E-state index in [1.807, 2.05) is 73.9 Å². The number of fused-ring (bicyclic) bond motifs is 1. The number of anilines is 2. The number of benzene rings is 2. The van der Waals surface area contributed by atoms with Gasteiger partial charge in [-0.2, -0.15) is 0 Å². The number of hydrogen-bond donors (Lipinski definition) is 1. The molecule has 0 fully saturated rings. The number of imidazole rings is 1. The van der Waals surface area contributed by atoms with Gasteiger partial charge in [-0.25, -0.2) is 9.97 Å². The molecule has 0 aliphatic rings. The Morgan fingerprint density at radius 2 is 1.74 bits per heavy atom. The second kappa shape index (κ2) is 7.07. The molecule has 4 rings (SSSR count). The minimum Gasteiger partial charge on any atom is -0.491 e. The van der Waals surface area contributed by atoms with Crippen LogP contribution in [0, 0.1) is 6.92 Å². The van der Waals surface area contributed by atoms with Gasteiger partial charge in [-0.15, -0.1) is 0 Å². The Hall–Kier alpha value is -3.41. The standard InChI is InChI=1S/C21H21N5O/c1-14(2)27-17-10-8-16(9-11-17)24-20-12-22-13-21(25-20)26-15(3)23-18-6-4-5-7-19(18)26/h4-14H,1-3H3,(H,24,25).